The van der Waals surface area contributed by atoms with E-state index < -0.39 is 0 Å². The van der Waals surface area contributed by atoms with Gasteiger partial charge in [-0.1, -0.05) is 45.9 Å². The van der Waals surface area contributed by atoms with Gasteiger partial charge in [-0.3, -0.25) is 0 Å². The molecule has 112 valence electrons. The molecule has 0 saturated carbocycles. The van der Waals surface area contributed by atoms with Gasteiger partial charge in [0.2, 0.25) is 5.69 Å². The van der Waals surface area contributed by atoms with Crippen molar-refractivity contribution in [2.45, 2.75) is 52.9 Å². The van der Waals surface area contributed by atoms with Crippen molar-refractivity contribution in [1.82, 2.24) is 0 Å². The van der Waals surface area contributed by atoms with Crippen LogP contribution in [0.5, 0.6) is 0 Å². The zero-order valence-corrected chi connectivity index (χ0v) is 15.9. The maximum atomic E-state index is 2.40. The predicted octanol–water partition coefficient (Wildman–Crippen LogP) is 1.77. The van der Waals surface area contributed by atoms with Gasteiger partial charge in [0.1, 0.15) is 7.05 Å². The molecule has 1 nitrogen and oxygen atoms in total. The molecule has 0 radical (unpaired) electrons. The van der Waals surface area contributed by atoms with Gasteiger partial charge in [0, 0.05) is 18.6 Å². The lowest BCUT2D eigenvalue weighted by molar-refractivity contribution is -0.403. The average molecular weight is 385 g/mol. The number of benzene rings is 1. The van der Waals surface area contributed by atoms with Gasteiger partial charge in [-0.25, -0.2) is 4.58 Å². The molecule has 1 aromatic rings. The van der Waals surface area contributed by atoms with Gasteiger partial charge in [-0.15, -0.1) is 0 Å². The van der Waals surface area contributed by atoms with E-state index in [9.17, 15) is 0 Å². The quantitative estimate of drug-likeness (QED) is 0.549. The fourth-order valence-corrected chi connectivity index (χ4v) is 3.86. The first-order chi connectivity index (χ1) is 8.88. The number of hydrogen-bond acceptors (Lipinski definition) is 0. The smallest absolute Gasteiger partial charge is 0.209 e. The summed E-state index contributed by atoms with van der Waals surface area (Å²) in [6.07, 6.45) is 2.50. The maximum Gasteiger partial charge on any atom is 0.209 e. The number of halogens is 1. The highest BCUT2D eigenvalue weighted by atomic mass is 127. The fraction of sp³-hybridized carbons (Fsp3) is 0.611. The van der Waals surface area contributed by atoms with E-state index in [-0.39, 0.29) is 29.4 Å². The fourth-order valence-electron chi connectivity index (χ4n) is 3.86. The third-order valence-electron chi connectivity index (χ3n) is 4.49. The summed E-state index contributed by atoms with van der Waals surface area (Å²) < 4.78 is 2.40. The Bertz CT molecular complexity index is 490. The number of fused-ring (bicyclic) bond motifs is 1. The molecule has 0 saturated heterocycles. The van der Waals surface area contributed by atoms with Crippen LogP contribution in [0.2, 0.25) is 0 Å². The summed E-state index contributed by atoms with van der Waals surface area (Å²) in [5, 5.41) is 0. The van der Waals surface area contributed by atoms with E-state index in [2.05, 4.69) is 70.5 Å². The molecule has 0 N–H and O–H groups in total. The van der Waals surface area contributed by atoms with Gasteiger partial charge >= 0.3 is 0 Å². The summed E-state index contributed by atoms with van der Waals surface area (Å²) in [4.78, 5) is 0. The van der Waals surface area contributed by atoms with Crippen molar-refractivity contribution in [2.75, 3.05) is 7.05 Å². The number of nitrogens with zero attached hydrogens (tertiary/aromatic N) is 1. The van der Waals surface area contributed by atoms with Crippen molar-refractivity contribution in [3.05, 3.63) is 29.8 Å². The molecule has 0 atom stereocenters. The molecule has 0 aliphatic carbocycles. The van der Waals surface area contributed by atoms with E-state index in [1.807, 2.05) is 0 Å². The SMILES string of the molecule is CC1=[N+](C)c2ccccc2C1(CC(C)C)CC(C)C.[I-]. The van der Waals surface area contributed by atoms with Gasteiger partial charge in [-0.2, -0.15) is 0 Å². The Balaban J connectivity index is 0.00000200. The van der Waals surface area contributed by atoms with Gasteiger partial charge in [0.15, 0.2) is 5.71 Å². The first-order valence-electron chi connectivity index (χ1n) is 7.55. The summed E-state index contributed by atoms with van der Waals surface area (Å²) >= 11 is 0. The second-order valence-corrected chi connectivity index (χ2v) is 6.94. The van der Waals surface area contributed by atoms with E-state index in [1.54, 1.807) is 0 Å². The summed E-state index contributed by atoms with van der Waals surface area (Å²) in [6.45, 7) is 11.7. The summed E-state index contributed by atoms with van der Waals surface area (Å²) in [5.74, 6) is 1.43. The minimum absolute atomic E-state index is 0. The van der Waals surface area contributed by atoms with Gasteiger partial charge < -0.3 is 24.0 Å². The van der Waals surface area contributed by atoms with Crippen LogP contribution in [-0.4, -0.2) is 17.3 Å². The largest absolute Gasteiger partial charge is 1.00 e. The van der Waals surface area contributed by atoms with Crippen molar-refractivity contribution in [3.63, 3.8) is 0 Å². The lowest BCUT2D eigenvalue weighted by atomic mass is 9.68. The van der Waals surface area contributed by atoms with Crippen molar-refractivity contribution in [1.29, 1.82) is 0 Å². The molecule has 1 aliphatic rings. The molecular formula is C18H28IN. The first-order valence-corrected chi connectivity index (χ1v) is 7.55. The second kappa shape index (κ2) is 6.59. The normalized spacial score (nSPS) is 16.6. The Morgan fingerprint density at radius 1 is 1.00 bits per heavy atom. The van der Waals surface area contributed by atoms with E-state index >= 15 is 0 Å². The molecule has 2 heteroatoms. The Hall–Kier alpha value is -0.380. The first kappa shape index (κ1) is 17.7. The molecule has 20 heavy (non-hydrogen) atoms. The standard InChI is InChI=1S/C18H28N.HI/c1-13(2)11-18(12-14(3)4)15(5)19(6)17-10-8-7-9-16(17)18;/h7-10,13-14H,11-12H2,1-6H3;1H/q+1;/p-1. The van der Waals surface area contributed by atoms with E-state index in [1.165, 1.54) is 29.8 Å². The van der Waals surface area contributed by atoms with Crippen LogP contribution in [0.25, 0.3) is 0 Å². The van der Waals surface area contributed by atoms with Crippen molar-refractivity contribution in [2.24, 2.45) is 11.8 Å². The van der Waals surface area contributed by atoms with Gasteiger partial charge in [-0.05, 0) is 24.7 Å². The van der Waals surface area contributed by atoms with Crippen LogP contribution in [0.15, 0.2) is 24.3 Å². The summed E-state index contributed by atoms with van der Waals surface area (Å²) in [7, 11) is 2.22. The highest BCUT2D eigenvalue weighted by Crippen LogP contribution is 2.46. The number of hydrogen-bond donors (Lipinski definition) is 0. The molecule has 1 heterocycles. The number of rotatable bonds is 4. The highest BCUT2D eigenvalue weighted by molar-refractivity contribution is 5.94. The van der Waals surface area contributed by atoms with E-state index in [4.69, 9.17) is 0 Å². The molecule has 0 spiro atoms. The minimum Gasteiger partial charge on any atom is -1.00 e. The Labute approximate surface area is 141 Å². The van der Waals surface area contributed by atoms with Gasteiger partial charge in [0.05, 0.1) is 5.41 Å². The Morgan fingerprint density at radius 3 is 2.00 bits per heavy atom. The molecule has 0 fully saturated rings. The molecule has 0 amide bonds. The third-order valence-corrected chi connectivity index (χ3v) is 4.49. The predicted molar refractivity (Wildman–Crippen MR) is 83.6 cm³/mol. The molecule has 1 aliphatic heterocycles. The number of para-hydroxylation sites is 1. The summed E-state index contributed by atoms with van der Waals surface area (Å²) in [5.41, 5.74) is 4.71. The van der Waals surface area contributed by atoms with Crippen LogP contribution in [0.4, 0.5) is 5.69 Å². The monoisotopic (exact) mass is 385 g/mol. The van der Waals surface area contributed by atoms with Crippen molar-refractivity contribution < 1.29 is 28.6 Å². The second-order valence-electron chi connectivity index (χ2n) is 6.94. The molecular weight excluding hydrogens is 357 g/mol. The van der Waals surface area contributed by atoms with Crippen molar-refractivity contribution >= 4 is 11.4 Å². The maximum absolute atomic E-state index is 2.40. The van der Waals surface area contributed by atoms with Crippen LogP contribution < -0.4 is 24.0 Å². The third kappa shape index (κ3) is 2.95. The molecule has 0 bridgehead atoms. The molecule has 0 unspecified atom stereocenters. The topological polar surface area (TPSA) is 3.01 Å². The van der Waals surface area contributed by atoms with Crippen LogP contribution in [0, 0.1) is 11.8 Å². The minimum atomic E-state index is 0. The van der Waals surface area contributed by atoms with E-state index in [0.29, 0.717) is 11.8 Å². The average Bonchev–Trinajstić information content (AvgIpc) is 2.52. The van der Waals surface area contributed by atoms with Crippen LogP contribution >= 0.6 is 0 Å². The lowest BCUT2D eigenvalue weighted by Crippen LogP contribution is -3.00. The molecule has 0 aromatic heterocycles. The zero-order chi connectivity index (χ0) is 14.2. The van der Waals surface area contributed by atoms with Crippen LogP contribution in [0.1, 0.15) is 53.0 Å². The van der Waals surface area contributed by atoms with Crippen LogP contribution in [-0.2, 0) is 5.41 Å². The summed E-state index contributed by atoms with van der Waals surface area (Å²) in [6, 6.07) is 8.96. The molecule has 1 aromatic carbocycles. The van der Waals surface area contributed by atoms with Gasteiger partial charge in [0.25, 0.3) is 0 Å². The van der Waals surface area contributed by atoms with Crippen LogP contribution in [0.3, 0.4) is 0 Å². The zero-order valence-electron chi connectivity index (χ0n) is 13.7. The van der Waals surface area contributed by atoms with Crippen molar-refractivity contribution in [3.8, 4) is 0 Å². The Kier molecular flexibility index (Phi) is 5.82. The lowest BCUT2D eigenvalue weighted by Gasteiger charge is -2.31. The highest BCUT2D eigenvalue weighted by Gasteiger charge is 2.48. The Morgan fingerprint density at radius 2 is 1.50 bits per heavy atom. The van der Waals surface area contributed by atoms with E-state index in [0.717, 1.165) is 0 Å². The molecule has 2 rings (SSSR count).